The minimum absolute atomic E-state index is 0.202. The van der Waals surface area contributed by atoms with Gasteiger partial charge in [-0.3, -0.25) is 4.79 Å². The molecule has 21 heavy (non-hydrogen) atoms. The molecular weight excluding hydrogens is 311 g/mol. The van der Waals surface area contributed by atoms with Crippen molar-refractivity contribution < 1.29 is 9.53 Å². The molecule has 0 spiro atoms. The van der Waals surface area contributed by atoms with Gasteiger partial charge in [-0.05, 0) is 17.7 Å². The molecule has 1 amide bonds. The molecule has 2 aromatic rings. The minimum atomic E-state index is -0.391. The predicted octanol–water partition coefficient (Wildman–Crippen LogP) is 3.52. The summed E-state index contributed by atoms with van der Waals surface area (Å²) in [4.78, 5) is 11.6. The summed E-state index contributed by atoms with van der Waals surface area (Å²) in [6, 6.07) is 14.4. The molecular formula is C15H12Cl2N2O2. The smallest absolute Gasteiger partial charge is 0.277 e. The Kier molecular flexibility index (Phi) is 5.60. The van der Waals surface area contributed by atoms with Gasteiger partial charge in [-0.2, -0.15) is 5.10 Å². The molecule has 0 fully saturated rings. The monoisotopic (exact) mass is 322 g/mol. The molecule has 2 rings (SSSR count). The standard InChI is InChI=1S/C15H12Cl2N2O2/c16-12-7-4-8-13(15(12)17)21-10-14(20)19-18-9-11-5-2-1-3-6-11/h1-9H,10H2,(H,19,20)/b18-9+. The van der Waals surface area contributed by atoms with Crippen LogP contribution in [0, 0.1) is 0 Å². The maximum atomic E-state index is 11.6. The lowest BCUT2D eigenvalue weighted by molar-refractivity contribution is -0.123. The van der Waals surface area contributed by atoms with Gasteiger partial charge in [0.25, 0.3) is 5.91 Å². The highest BCUT2D eigenvalue weighted by Crippen LogP contribution is 2.31. The summed E-state index contributed by atoms with van der Waals surface area (Å²) in [7, 11) is 0. The maximum Gasteiger partial charge on any atom is 0.277 e. The Morgan fingerprint density at radius 2 is 1.90 bits per heavy atom. The first-order valence-corrected chi connectivity index (χ1v) is 6.86. The first kappa shape index (κ1) is 15.4. The van der Waals surface area contributed by atoms with Gasteiger partial charge in [0.2, 0.25) is 0 Å². The number of carbonyl (C=O) groups excluding carboxylic acids is 1. The number of hydrogen-bond donors (Lipinski definition) is 1. The quantitative estimate of drug-likeness (QED) is 0.676. The summed E-state index contributed by atoms with van der Waals surface area (Å²) in [6.07, 6.45) is 1.55. The Morgan fingerprint density at radius 1 is 1.14 bits per heavy atom. The lowest BCUT2D eigenvalue weighted by Crippen LogP contribution is -2.24. The average Bonchev–Trinajstić information content (AvgIpc) is 2.50. The van der Waals surface area contributed by atoms with Crippen LogP contribution in [0.4, 0.5) is 0 Å². The Morgan fingerprint density at radius 3 is 2.67 bits per heavy atom. The molecule has 0 aliphatic carbocycles. The molecule has 0 unspecified atom stereocenters. The van der Waals surface area contributed by atoms with E-state index in [0.717, 1.165) is 5.56 Å². The topological polar surface area (TPSA) is 50.7 Å². The van der Waals surface area contributed by atoms with Gasteiger partial charge in [0.05, 0.1) is 11.2 Å². The molecule has 6 heteroatoms. The molecule has 2 aromatic carbocycles. The van der Waals surface area contributed by atoms with Crippen molar-refractivity contribution in [2.45, 2.75) is 0 Å². The van der Waals surface area contributed by atoms with E-state index in [4.69, 9.17) is 27.9 Å². The van der Waals surface area contributed by atoms with E-state index < -0.39 is 5.91 Å². The molecule has 0 heterocycles. The van der Waals surface area contributed by atoms with Crippen LogP contribution >= 0.6 is 23.2 Å². The van der Waals surface area contributed by atoms with Crippen molar-refractivity contribution in [1.29, 1.82) is 0 Å². The van der Waals surface area contributed by atoms with Crippen molar-refractivity contribution in [2.24, 2.45) is 5.10 Å². The molecule has 0 aromatic heterocycles. The van der Waals surface area contributed by atoms with Gasteiger partial charge in [-0.1, -0.05) is 59.6 Å². The first-order chi connectivity index (χ1) is 10.2. The predicted molar refractivity (Wildman–Crippen MR) is 84.1 cm³/mol. The first-order valence-electron chi connectivity index (χ1n) is 6.10. The Balaban J connectivity index is 1.83. The lowest BCUT2D eigenvalue weighted by Gasteiger charge is -2.07. The number of amides is 1. The van der Waals surface area contributed by atoms with Crippen LogP contribution in [0.5, 0.6) is 5.75 Å². The highest BCUT2D eigenvalue weighted by atomic mass is 35.5. The molecule has 0 aliphatic heterocycles. The van der Waals surface area contributed by atoms with Crippen molar-refractivity contribution >= 4 is 35.3 Å². The third kappa shape index (κ3) is 4.77. The zero-order valence-corrected chi connectivity index (χ0v) is 12.4. The number of hydrazone groups is 1. The highest BCUT2D eigenvalue weighted by molar-refractivity contribution is 6.42. The van der Waals surface area contributed by atoms with Gasteiger partial charge in [-0.25, -0.2) is 5.43 Å². The van der Waals surface area contributed by atoms with Crippen LogP contribution in [0.3, 0.4) is 0 Å². The maximum absolute atomic E-state index is 11.6. The van der Waals surface area contributed by atoms with E-state index >= 15 is 0 Å². The number of nitrogens with one attached hydrogen (secondary N) is 1. The normalized spacial score (nSPS) is 10.6. The number of ether oxygens (including phenoxy) is 1. The zero-order valence-electron chi connectivity index (χ0n) is 10.9. The number of benzene rings is 2. The third-order valence-corrected chi connectivity index (χ3v) is 3.28. The van der Waals surface area contributed by atoms with Crippen molar-refractivity contribution in [2.75, 3.05) is 6.61 Å². The summed E-state index contributed by atoms with van der Waals surface area (Å²) < 4.78 is 5.28. The van der Waals surface area contributed by atoms with Crippen LogP contribution in [0.1, 0.15) is 5.56 Å². The van der Waals surface area contributed by atoms with Gasteiger partial charge >= 0.3 is 0 Å². The molecule has 1 N–H and O–H groups in total. The Hall–Kier alpha value is -2.04. The summed E-state index contributed by atoms with van der Waals surface area (Å²) >= 11 is 11.8. The molecule has 0 saturated carbocycles. The molecule has 108 valence electrons. The van der Waals surface area contributed by atoms with Gasteiger partial charge in [0.15, 0.2) is 6.61 Å². The fourth-order valence-electron chi connectivity index (χ4n) is 1.49. The molecule has 0 radical (unpaired) electrons. The molecule has 0 saturated heterocycles. The molecule has 4 nitrogen and oxygen atoms in total. The van der Waals surface area contributed by atoms with Gasteiger partial charge in [0.1, 0.15) is 10.8 Å². The summed E-state index contributed by atoms with van der Waals surface area (Å²) in [5.41, 5.74) is 3.25. The lowest BCUT2D eigenvalue weighted by atomic mass is 10.2. The van der Waals surface area contributed by atoms with Crippen LogP contribution in [0.15, 0.2) is 53.6 Å². The van der Waals surface area contributed by atoms with Crippen LogP contribution in [0.25, 0.3) is 0 Å². The minimum Gasteiger partial charge on any atom is -0.482 e. The SMILES string of the molecule is O=C(COc1cccc(Cl)c1Cl)N/N=C/c1ccccc1. The van der Waals surface area contributed by atoms with Crippen LogP contribution < -0.4 is 10.2 Å². The van der Waals surface area contributed by atoms with Crippen molar-refractivity contribution in [1.82, 2.24) is 5.43 Å². The van der Waals surface area contributed by atoms with Crippen LogP contribution in [0.2, 0.25) is 10.0 Å². The van der Waals surface area contributed by atoms with E-state index in [1.54, 1.807) is 24.4 Å². The number of hydrogen-bond acceptors (Lipinski definition) is 3. The Bertz CT molecular complexity index is 645. The Labute approximate surface area is 132 Å². The number of rotatable bonds is 5. The fraction of sp³-hybridized carbons (Fsp3) is 0.0667. The van der Waals surface area contributed by atoms with E-state index in [1.807, 2.05) is 30.3 Å². The number of halogens is 2. The second kappa shape index (κ2) is 7.67. The largest absolute Gasteiger partial charge is 0.482 e. The van der Waals surface area contributed by atoms with Crippen molar-refractivity contribution in [3.8, 4) is 5.75 Å². The van der Waals surface area contributed by atoms with Crippen LogP contribution in [-0.2, 0) is 4.79 Å². The van der Waals surface area contributed by atoms with E-state index in [-0.39, 0.29) is 11.6 Å². The van der Waals surface area contributed by atoms with Crippen molar-refractivity contribution in [3.63, 3.8) is 0 Å². The summed E-state index contributed by atoms with van der Waals surface area (Å²) in [5, 5.41) is 4.48. The number of carbonyl (C=O) groups is 1. The van der Waals surface area contributed by atoms with E-state index in [9.17, 15) is 4.79 Å². The van der Waals surface area contributed by atoms with Crippen LogP contribution in [-0.4, -0.2) is 18.7 Å². The van der Waals surface area contributed by atoms with E-state index in [0.29, 0.717) is 10.8 Å². The van der Waals surface area contributed by atoms with Gasteiger partial charge in [-0.15, -0.1) is 0 Å². The van der Waals surface area contributed by atoms with Crippen molar-refractivity contribution in [3.05, 3.63) is 64.1 Å². The van der Waals surface area contributed by atoms with Gasteiger partial charge in [0, 0.05) is 0 Å². The number of nitrogens with zero attached hydrogens (tertiary/aromatic N) is 1. The highest BCUT2D eigenvalue weighted by Gasteiger charge is 2.07. The second-order valence-corrected chi connectivity index (χ2v) is 4.83. The summed E-state index contributed by atoms with van der Waals surface area (Å²) in [5.74, 6) is -0.0374. The molecule has 0 atom stereocenters. The van der Waals surface area contributed by atoms with E-state index in [1.165, 1.54) is 0 Å². The third-order valence-electron chi connectivity index (χ3n) is 2.48. The molecule has 0 aliphatic rings. The summed E-state index contributed by atoms with van der Waals surface area (Å²) in [6.45, 7) is -0.202. The second-order valence-electron chi connectivity index (χ2n) is 4.04. The van der Waals surface area contributed by atoms with Gasteiger partial charge < -0.3 is 4.74 Å². The fourth-order valence-corrected chi connectivity index (χ4v) is 1.84. The average molecular weight is 323 g/mol. The van der Waals surface area contributed by atoms with E-state index in [2.05, 4.69) is 10.5 Å². The zero-order chi connectivity index (χ0) is 15.1. The molecule has 0 bridgehead atoms.